The van der Waals surface area contributed by atoms with Crippen molar-refractivity contribution in [1.82, 2.24) is 5.32 Å². The molecule has 0 spiro atoms. The predicted molar refractivity (Wildman–Crippen MR) is 96.7 cm³/mol. The summed E-state index contributed by atoms with van der Waals surface area (Å²) in [6, 6.07) is 7.44. The van der Waals surface area contributed by atoms with Crippen LogP contribution in [0.25, 0.3) is 0 Å². The number of hydrogen-bond donors (Lipinski definition) is 2. The first-order chi connectivity index (χ1) is 12.1. The van der Waals surface area contributed by atoms with Crippen LogP contribution >= 0.6 is 0 Å². The minimum Gasteiger partial charge on any atom is -0.491 e. The van der Waals surface area contributed by atoms with Gasteiger partial charge in [0.05, 0.1) is 6.10 Å². The highest BCUT2D eigenvalue weighted by molar-refractivity contribution is 5.90. The lowest BCUT2D eigenvalue weighted by molar-refractivity contribution is -0.119. The van der Waals surface area contributed by atoms with Crippen molar-refractivity contribution in [3.8, 4) is 5.75 Å². The Balaban J connectivity index is 1.64. The Morgan fingerprint density at radius 1 is 1.28 bits per heavy atom. The second-order valence-electron chi connectivity index (χ2n) is 6.32. The number of nitrogens with one attached hydrogen (secondary N) is 2. The average molecular weight is 348 g/mol. The number of carbonyl (C=O) groups is 2. The molecule has 0 radical (unpaired) electrons. The summed E-state index contributed by atoms with van der Waals surface area (Å²) in [7, 11) is 0. The summed E-state index contributed by atoms with van der Waals surface area (Å²) in [6.07, 6.45) is 5.39. The van der Waals surface area contributed by atoms with E-state index in [1.807, 2.05) is 24.3 Å². The largest absolute Gasteiger partial charge is 0.491 e. The van der Waals surface area contributed by atoms with E-state index >= 15 is 0 Å². The predicted octanol–water partition coefficient (Wildman–Crippen LogP) is 2.88. The quantitative estimate of drug-likeness (QED) is 0.638. The molecule has 1 aromatic rings. The average Bonchev–Trinajstić information content (AvgIpc) is 3.10. The highest BCUT2D eigenvalue weighted by Crippen LogP contribution is 2.20. The maximum atomic E-state index is 12.0. The Labute approximate surface area is 149 Å². The third-order valence-electron chi connectivity index (χ3n) is 4.03. The number of amides is 2. The highest BCUT2D eigenvalue weighted by atomic mass is 16.5. The van der Waals surface area contributed by atoms with Gasteiger partial charge in [0.2, 0.25) is 11.8 Å². The summed E-state index contributed by atoms with van der Waals surface area (Å²) >= 11 is 0. The Morgan fingerprint density at radius 3 is 2.92 bits per heavy atom. The maximum absolute atomic E-state index is 12.0. The summed E-state index contributed by atoms with van der Waals surface area (Å²) in [6.45, 7) is 3.54. The van der Waals surface area contributed by atoms with Gasteiger partial charge in [-0.3, -0.25) is 9.59 Å². The minimum atomic E-state index is -0.0145. The van der Waals surface area contributed by atoms with Gasteiger partial charge in [-0.05, 0) is 37.8 Å². The SMILES string of the molecule is CC(=O)NCCCCCC(=O)Nc1cccc(OCC2CCCO2)c1. The summed E-state index contributed by atoms with van der Waals surface area (Å²) in [5.74, 6) is 0.721. The molecular weight excluding hydrogens is 320 g/mol. The van der Waals surface area contributed by atoms with Crippen LogP contribution in [0.3, 0.4) is 0 Å². The molecule has 2 rings (SSSR count). The third-order valence-corrected chi connectivity index (χ3v) is 4.03. The second-order valence-corrected chi connectivity index (χ2v) is 6.32. The summed E-state index contributed by atoms with van der Waals surface area (Å²) in [4.78, 5) is 22.7. The molecule has 1 unspecified atom stereocenters. The molecule has 0 aromatic heterocycles. The summed E-state index contributed by atoms with van der Waals surface area (Å²) < 4.78 is 11.3. The molecular formula is C19H28N2O4. The van der Waals surface area contributed by atoms with Crippen molar-refractivity contribution in [1.29, 1.82) is 0 Å². The second kappa shape index (κ2) is 10.7. The molecule has 6 nitrogen and oxygen atoms in total. The molecule has 0 bridgehead atoms. The van der Waals surface area contributed by atoms with Crippen LogP contribution in [0.1, 0.15) is 45.4 Å². The van der Waals surface area contributed by atoms with Crippen LogP contribution in [0.2, 0.25) is 0 Å². The van der Waals surface area contributed by atoms with Gasteiger partial charge in [0.1, 0.15) is 12.4 Å². The van der Waals surface area contributed by atoms with E-state index in [0.717, 1.165) is 50.1 Å². The lowest BCUT2D eigenvalue weighted by atomic mass is 10.2. The molecule has 1 fully saturated rings. The molecule has 2 N–H and O–H groups in total. The summed E-state index contributed by atoms with van der Waals surface area (Å²) in [5.41, 5.74) is 0.744. The van der Waals surface area contributed by atoms with Crippen molar-refractivity contribution in [2.24, 2.45) is 0 Å². The molecule has 0 saturated carbocycles. The van der Waals surface area contributed by atoms with E-state index in [4.69, 9.17) is 9.47 Å². The fraction of sp³-hybridized carbons (Fsp3) is 0.579. The van der Waals surface area contributed by atoms with Gasteiger partial charge in [-0.25, -0.2) is 0 Å². The topological polar surface area (TPSA) is 76.7 Å². The normalized spacial score (nSPS) is 16.4. The van der Waals surface area contributed by atoms with Gasteiger partial charge in [0, 0.05) is 38.2 Å². The first kappa shape index (κ1) is 19.2. The smallest absolute Gasteiger partial charge is 0.224 e. The van der Waals surface area contributed by atoms with Gasteiger partial charge >= 0.3 is 0 Å². The zero-order valence-electron chi connectivity index (χ0n) is 14.9. The fourth-order valence-electron chi connectivity index (χ4n) is 2.70. The highest BCUT2D eigenvalue weighted by Gasteiger charge is 2.16. The van der Waals surface area contributed by atoms with Gasteiger partial charge in [-0.1, -0.05) is 12.5 Å². The zero-order valence-corrected chi connectivity index (χ0v) is 14.9. The number of hydrogen-bond acceptors (Lipinski definition) is 4. The lowest BCUT2D eigenvalue weighted by Gasteiger charge is -2.12. The standard InChI is InChI=1S/C19H28N2O4/c1-15(22)20-11-4-2-3-10-19(23)21-16-7-5-8-17(13-16)25-14-18-9-6-12-24-18/h5,7-8,13,18H,2-4,6,9-12,14H2,1H3,(H,20,22)(H,21,23). The van der Waals surface area contributed by atoms with Crippen LogP contribution in [0.5, 0.6) is 5.75 Å². The van der Waals surface area contributed by atoms with E-state index in [1.165, 1.54) is 6.92 Å². The van der Waals surface area contributed by atoms with Crippen molar-refractivity contribution in [2.75, 3.05) is 25.1 Å². The fourth-order valence-corrected chi connectivity index (χ4v) is 2.70. The van der Waals surface area contributed by atoms with Crippen molar-refractivity contribution in [3.63, 3.8) is 0 Å². The van der Waals surface area contributed by atoms with Gasteiger partial charge in [0.25, 0.3) is 0 Å². The number of ether oxygens (including phenoxy) is 2. The molecule has 0 aliphatic carbocycles. The number of benzene rings is 1. The van der Waals surface area contributed by atoms with Crippen LogP contribution in [0.4, 0.5) is 5.69 Å². The van der Waals surface area contributed by atoms with E-state index in [-0.39, 0.29) is 17.9 Å². The Hall–Kier alpha value is -2.08. The van der Waals surface area contributed by atoms with Crippen LogP contribution in [0.15, 0.2) is 24.3 Å². The van der Waals surface area contributed by atoms with Gasteiger partial charge in [-0.15, -0.1) is 0 Å². The van der Waals surface area contributed by atoms with E-state index in [1.54, 1.807) is 0 Å². The molecule has 1 aliphatic rings. The molecule has 1 atom stereocenters. The van der Waals surface area contributed by atoms with Crippen LogP contribution in [-0.4, -0.2) is 37.7 Å². The van der Waals surface area contributed by atoms with E-state index in [9.17, 15) is 9.59 Å². The first-order valence-electron chi connectivity index (χ1n) is 9.02. The first-order valence-corrected chi connectivity index (χ1v) is 9.02. The van der Waals surface area contributed by atoms with E-state index < -0.39 is 0 Å². The third kappa shape index (κ3) is 8.03. The van der Waals surface area contributed by atoms with Crippen LogP contribution in [0, 0.1) is 0 Å². The number of unbranched alkanes of at least 4 members (excludes halogenated alkanes) is 2. The molecule has 1 saturated heterocycles. The lowest BCUT2D eigenvalue weighted by Crippen LogP contribution is -2.20. The molecule has 1 aromatic carbocycles. The monoisotopic (exact) mass is 348 g/mol. The van der Waals surface area contributed by atoms with Gasteiger partial charge < -0.3 is 20.1 Å². The molecule has 6 heteroatoms. The molecule has 1 aliphatic heterocycles. The van der Waals surface area contributed by atoms with Gasteiger partial charge in [-0.2, -0.15) is 0 Å². The zero-order chi connectivity index (χ0) is 17.9. The summed E-state index contributed by atoms with van der Waals surface area (Å²) in [5, 5.41) is 5.65. The maximum Gasteiger partial charge on any atom is 0.224 e. The molecule has 25 heavy (non-hydrogen) atoms. The minimum absolute atomic E-state index is 0.00389. The molecule has 2 amide bonds. The van der Waals surface area contributed by atoms with Crippen LogP contribution < -0.4 is 15.4 Å². The van der Waals surface area contributed by atoms with Crippen molar-refractivity contribution in [2.45, 2.75) is 51.6 Å². The number of rotatable bonds is 10. The van der Waals surface area contributed by atoms with Crippen LogP contribution in [-0.2, 0) is 14.3 Å². The Morgan fingerprint density at radius 2 is 2.16 bits per heavy atom. The van der Waals surface area contributed by atoms with E-state index in [2.05, 4.69) is 10.6 Å². The van der Waals surface area contributed by atoms with Crippen molar-refractivity contribution < 1.29 is 19.1 Å². The number of carbonyl (C=O) groups excluding carboxylic acids is 2. The Bertz CT molecular complexity index is 556. The van der Waals surface area contributed by atoms with E-state index in [0.29, 0.717) is 19.6 Å². The molecule has 138 valence electrons. The number of anilines is 1. The van der Waals surface area contributed by atoms with Crippen molar-refractivity contribution in [3.05, 3.63) is 24.3 Å². The molecule has 1 heterocycles. The van der Waals surface area contributed by atoms with Gasteiger partial charge in [0.15, 0.2) is 0 Å². The van der Waals surface area contributed by atoms with Crippen molar-refractivity contribution >= 4 is 17.5 Å². The Kier molecular flexibility index (Phi) is 8.25.